The fourth-order valence-corrected chi connectivity index (χ4v) is 3.89. The van der Waals surface area contributed by atoms with Gasteiger partial charge in [-0.25, -0.2) is 0 Å². The number of hydrogen-bond donors (Lipinski definition) is 0. The highest BCUT2D eigenvalue weighted by Crippen LogP contribution is 2.28. The maximum Gasteiger partial charge on any atom is 0.239 e. The van der Waals surface area contributed by atoms with E-state index in [1.807, 2.05) is 19.3 Å². The molecule has 0 aliphatic carbocycles. The lowest BCUT2D eigenvalue weighted by atomic mass is 10.0. The van der Waals surface area contributed by atoms with E-state index in [0.29, 0.717) is 11.9 Å². The van der Waals surface area contributed by atoms with Crippen LogP contribution in [-0.2, 0) is 11.3 Å². The number of rotatable bonds is 2. The summed E-state index contributed by atoms with van der Waals surface area (Å²) in [4.78, 5) is 21.2. The normalized spacial score (nSPS) is 25.7. The summed E-state index contributed by atoms with van der Waals surface area (Å²) in [6.45, 7) is 4.82. The molecule has 0 saturated carbocycles. The van der Waals surface area contributed by atoms with Gasteiger partial charge in [-0.1, -0.05) is 18.2 Å². The first-order valence-corrected chi connectivity index (χ1v) is 8.10. The molecule has 2 aromatic rings. The van der Waals surface area contributed by atoms with Gasteiger partial charge in [0.15, 0.2) is 0 Å². The van der Waals surface area contributed by atoms with E-state index < -0.39 is 0 Å². The Morgan fingerprint density at radius 2 is 2.23 bits per heavy atom. The number of piperazine rings is 1. The number of amides is 1. The minimum atomic E-state index is -0.0218. The Morgan fingerprint density at radius 1 is 1.32 bits per heavy atom. The Labute approximate surface area is 130 Å². The number of fused-ring (bicyclic) bond motifs is 2. The van der Waals surface area contributed by atoms with Crippen LogP contribution >= 0.6 is 0 Å². The number of carbonyl (C=O) groups excluding carboxylic acids is 1. The van der Waals surface area contributed by atoms with Crippen LogP contribution in [0.5, 0.6) is 0 Å². The Bertz CT molecular complexity index is 709. The van der Waals surface area contributed by atoms with Crippen LogP contribution in [0.2, 0.25) is 0 Å². The van der Waals surface area contributed by atoms with Crippen LogP contribution in [0.15, 0.2) is 36.7 Å². The first-order valence-electron chi connectivity index (χ1n) is 8.10. The molecule has 0 bridgehead atoms. The SMILES string of the molecule is C[C@@H]1C(=O)N2CCC[C@H]2CN1Cc1cccc2cnccc12. The van der Waals surface area contributed by atoms with Crippen LogP contribution in [0.3, 0.4) is 0 Å². The quantitative estimate of drug-likeness (QED) is 0.854. The number of hydrogen-bond acceptors (Lipinski definition) is 3. The molecule has 2 aliphatic rings. The van der Waals surface area contributed by atoms with Gasteiger partial charge in [-0.2, -0.15) is 0 Å². The molecule has 0 spiro atoms. The summed E-state index contributed by atoms with van der Waals surface area (Å²) in [6.07, 6.45) is 6.04. The summed E-state index contributed by atoms with van der Waals surface area (Å²) in [6, 6.07) is 8.81. The van der Waals surface area contributed by atoms with Crippen molar-refractivity contribution >= 4 is 16.7 Å². The average Bonchev–Trinajstić information content (AvgIpc) is 3.01. The molecule has 4 heteroatoms. The van der Waals surface area contributed by atoms with Gasteiger partial charge < -0.3 is 4.90 Å². The van der Waals surface area contributed by atoms with Gasteiger partial charge in [-0.15, -0.1) is 0 Å². The lowest BCUT2D eigenvalue weighted by Gasteiger charge is -2.41. The van der Waals surface area contributed by atoms with Crippen LogP contribution in [0, 0.1) is 0 Å². The Hall–Kier alpha value is -1.94. The molecule has 2 fully saturated rings. The van der Waals surface area contributed by atoms with Crippen LogP contribution in [0.25, 0.3) is 10.8 Å². The van der Waals surface area contributed by atoms with Gasteiger partial charge in [0.25, 0.3) is 0 Å². The van der Waals surface area contributed by atoms with Crippen molar-refractivity contribution in [2.45, 2.75) is 38.4 Å². The fraction of sp³-hybridized carbons (Fsp3) is 0.444. The van der Waals surface area contributed by atoms with Gasteiger partial charge in [0, 0.05) is 43.5 Å². The van der Waals surface area contributed by atoms with Crippen molar-refractivity contribution in [1.29, 1.82) is 0 Å². The predicted molar refractivity (Wildman–Crippen MR) is 86.4 cm³/mol. The van der Waals surface area contributed by atoms with Crippen molar-refractivity contribution in [3.8, 4) is 0 Å². The van der Waals surface area contributed by atoms with Crippen LogP contribution in [-0.4, -0.2) is 45.9 Å². The second-order valence-corrected chi connectivity index (χ2v) is 6.45. The summed E-state index contributed by atoms with van der Waals surface area (Å²) >= 11 is 0. The summed E-state index contributed by atoms with van der Waals surface area (Å²) < 4.78 is 0. The molecule has 1 amide bonds. The minimum Gasteiger partial charge on any atom is -0.337 e. The minimum absolute atomic E-state index is 0.0218. The van der Waals surface area contributed by atoms with E-state index >= 15 is 0 Å². The summed E-state index contributed by atoms with van der Waals surface area (Å²) in [5.41, 5.74) is 1.28. The van der Waals surface area contributed by atoms with Gasteiger partial charge in [0.05, 0.1) is 6.04 Å². The monoisotopic (exact) mass is 295 g/mol. The first kappa shape index (κ1) is 13.7. The maximum absolute atomic E-state index is 12.5. The highest BCUT2D eigenvalue weighted by molar-refractivity contribution is 5.85. The van der Waals surface area contributed by atoms with Gasteiger partial charge in [0.1, 0.15) is 0 Å². The van der Waals surface area contributed by atoms with Gasteiger partial charge >= 0.3 is 0 Å². The molecule has 2 aliphatic heterocycles. The third kappa shape index (κ3) is 2.18. The molecule has 2 atom stereocenters. The molecule has 0 unspecified atom stereocenters. The van der Waals surface area contributed by atoms with Crippen molar-refractivity contribution in [2.75, 3.05) is 13.1 Å². The third-order valence-corrected chi connectivity index (χ3v) is 5.16. The van der Waals surface area contributed by atoms with Crippen LogP contribution in [0.4, 0.5) is 0 Å². The first-order chi connectivity index (χ1) is 10.7. The lowest BCUT2D eigenvalue weighted by molar-refractivity contribution is -0.143. The Balaban J connectivity index is 1.63. The molecule has 0 N–H and O–H groups in total. The predicted octanol–water partition coefficient (Wildman–Crippen LogP) is 2.43. The van der Waals surface area contributed by atoms with Crippen molar-refractivity contribution in [2.24, 2.45) is 0 Å². The third-order valence-electron chi connectivity index (χ3n) is 5.16. The van der Waals surface area contributed by atoms with Crippen molar-refractivity contribution in [3.05, 3.63) is 42.2 Å². The molecule has 4 rings (SSSR count). The topological polar surface area (TPSA) is 36.4 Å². The average molecular weight is 295 g/mol. The molecule has 1 aromatic heterocycles. The fourth-order valence-electron chi connectivity index (χ4n) is 3.89. The molecule has 0 radical (unpaired) electrons. The van der Waals surface area contributed by atoms with E-state index in [-0.39, 0.29) is 6.04 Å². The van der Waals surface area contributed by atoms with Gasteiger partial charge in [-0.3, -0.25) is 14.7 Å². The van der Waals surface area contributed by atoms with Crippen LogP contribution < -0.4 is 0 Å². The summed E-state index contributed by atoms with van der Waals surface area (Å²) in [5.74, 6) is 0.302. The molecule has 4 nitrogen and oxygen atoms in total. The van der Waals surface area contributed by atoms with Gasteiger partial charge in [0.2, 0.25) is 5.91 Å². The molecular formula is C18H21N3O. The van der Waals surface area contributed by atoms with Crippen molar-refractivity contribution in [1.82, 2.24) is 14.8 Å². The molecule has 1 aromatic carbocycles. The highest BCUT2D eigenvalue weighted by Gasteiger charge is 2.40. The van der Waals surface area contributed by atoms with Crippen molar-refractivity contribution in [3.63, 3.8) is 0 Å². The largest absolute Gasteiger partial charge is 0.337 e. The number of nitrogens with zero attached hydrogens (tertiary/aromatic N) is 3. The summed E-state index contributed by atoms with van der Waals surface area (Å²) in [5, 5.41) is 2.41. The standard InChI is InChI=1S/C18H21N3O/c1-13-18(22)21-9-3-6-16(21)12-20(13)11-15-5-2-4-14-10-19-8-7-17(14)15/h2,4-5,7-8,10,13,16H,3,6,9,11-12H2,1H3/t13-,16+/m1/s1. The number of pyridine rings is 1. The maximum atomic E-state index is 12.5. The van der Waals surface area contributed by atoms with Crippen molar-refractivity contribution < 1.29 is 4.79 Å². The van der Waals surface area contributed by atoms with E-state index in [4.69, 9.17) is 0 Å². The second-order valence-electron chi connectivity index (χ2n) is 6.45. The smallest absolute Gasteiger partial charge is 0.239 e. The highest BCUT2D eigenvalue weighted by atomic mass is 16.2. The molecule has 114 valence electrons. The van der Waals surface area contributed by atoms with Gasteiger partial charge in [-0.05, 0) is 36.8 Å². The Morgan fingerprint density at radius 3 is 3.14 bits per heavy atom. The molecule has 22 heavy (non-hydrogen) atoms. The van der Waals surface area contributed by atoms with E-state index in [1.165, 1.54) is 16.3 Å². The number of aromatic nitrogens is 1. The zero-order valence-corrected chi connectivity index (χ0v) is 12.9. The zero-order chi connectivity index (χ0) is 15.1. The number of benzene rings is 1. The molecular weight excluding hydrogens is 274 g/mol. The van der Waals surface area contributed by atoms with E-state index in [0.717, 1.165) is 32.5 Å². The molecule has 2 saturated heterocycles. The van der Waals surface area contributed by atoms with E-state index in [9.17, 15) is 4.79 Å². The van der Waals surface area contributed by atoms with E-state index in [2.05, 4.69) is 39.0 Å². The number of carbonyl (C=O) groups is 1. The molecule has 3 heterocycles. The zero-order valence-electron chi connectivity index (χ0n) is 12.9. The second kappa shape index (κ2) is 5.36. The lowest BCUT2D eigenvalue weighted by Crippen LogP contribution is -2.58. The summed E-state index contributed by atoms with van der Waals surface area (Å²) in [7, 11) is 0. The Kier molecular flexibility index (Phi) is 3.34. The van der Waals surface area contributed by atoms with Crippen LogP contribution in [0.1, 0.15) is 25.3 Å². The van der Waals surface area contributed by atoms with E-state index in [1.54, 1.807) is 0 Å².